The number of ether oxygens (including phenoxy) is 2. The number of carbonyl (C=O) groups excluding carboxylic acids is 2. The molecule has 2 aromatic rings. The van der Waals surface area contributed by atoms with Crippen LogP contribution in [0.3, 0.4) is 0 Å². The summed E-state index contributed by atoms with van der Waals surface area (Å²) in [6.07, 6.45) is 3.62. The van der Waals surface area contributed by atoms with E-state index in [1.165, 1.54) is 25.4 Å². The molecule has 8 heteroatoms. The number of nitrogens with zero attached hydrogens (tertiary/aromatic N) is 1. The van der Waals surface area contributed by atoms with Crippen molar-refractivity contribution in [1.82, 2.24) is 4.98 Å². The van der Waals surface area contributed by atoms with Crippen LogP contribution >= 0.6 is 11.6 Å². The summed E-state index contributed by atoms with van der Waals surface area (Å²) in [6.45, 7) is 5.20. The number of aromatic nitrogens is 1. The van der Waals surface area contributed by atoms with Crippen molar-refractivity contribution < 1.29 is 23.5 Å². The van der Waals surface area contributed by atoms with Crippen molar-refractivity contribution >= 4 is 29.4 Å². The summed E-state index contributed by atoms with van der Waals surface area (Å²) >= 11 is 5.98. The normalized spacial score (nSPS) is 14.6. The van der Waals surface area contributed by atoms with E-state index in [1.807, 2.05) is 0 Å². The maximum Gasteiger partial charge on any atom is 0.412 e. The number of amides is 1. The smallest absolute Gasteiger partial charge is 0.412 e. The van der Waals surface area contributed by atoms with Gasteiger partial charge in [0.15, 0.2) is 5.82 Å². The zero-order valence-corrected chi connectivity index (χ0v) is 18.8. The molecule has 31 heavy (non-hydrogen) atoms. The predicted octanol–water partition coefficient (Wildman–Crippen LogP) is 5.94. The van der Waals surface area contributed by atoms with Gasteiger partial charge in [0.25, 0.3) is 0 Å². The van der Waals surface area contributed by atoms with Crippen LogP contribution in [0.5, 0.6) is 0 Å². The number of esters is 1. The van der Waals surface area contributed by atoms with Gasteiger partial charge in [0, 0.05) is 17.3 Å². The number of pyridine rings is 1. The van der Waals surface area contributed by atoms with Crippen molar-refractivity contribution in [3.8, 4) is 11.1 Å². The third kappa shape index (κ3) is 5.94. The van der Waals surface area contributed by atoms with E-state index in [2.05, 4.69) is 10.3 Å². The maximum atomic E-state index is 14.9. The third-order valence-electron chi connectivity index (χ3n) is 4.91. The second kappa shape index (κ2) is 9.22. The van der Waals surface area contributed by atoms with Gasteiger partial charge < -0.3 is 9.47 Å². The van der Waals surface area contributed by atoms with Gasteiger partial charge in [-0.3, -0.25) is 15.1 Å². The second-order valence-corrected chi connectivity index (χ2v) is 9.04. The van der Waals surface area contributed by atoms with Crippen LogP contribution in [0, 0.1) is 11.7 Å². The molecule has 3 rings (SSSR count). The van der Waals surface area contributed by atoms with Crippen molar-refractivity contribution in [2.24, 2.45) is 5.92 Å². The Hall–Kier alpha value is -2.67. The summed E-state index contributed by atoms with van der Waals surface area (Å²) in [6, 6.07) is 6.19. The summed E-state index contributed by atoms with van der Waals surface area (Å²) in [4.78, 5) is 28.8. The number of hydrogen-bond donors (Lipinski definition) is 1. The first-order valence-corrected chi connectivity index (χ1v) is 10.5. The maximum absolute atomic E-state index is 14.9. The summed E-state index contributed by atoms with van der Waals surface area (Å²) in [5.74, 6) is -0.989. The molecule has 166 valence electrons. The van der Waals surface area contributed by atoms with Gasteiger partial charge in [-0.25, -0.2) is 9.18 Å². The van der Waals surface area contributed by atoms with Crippen molar-refractivity contribution in [3.63, 3.8) is 0 Å². The van der Waals surface area contributed by atoms with E-state index in [1.54, 1.807) is 32.9 Å². The lowest BCUT2D eigenvalue weighted by molar-refractivity contribution is -0.142. The minimum absolute atomic E-state index is 0.0880. The SMILES string of the molecule is COC(=O)C(CC1CC1)c1ccc(-c2c(NC(=O)OC(C)(C)C)ccc(Cl)c2F)cn1. The number of anilines is 1. The highest BCUT2D eigenvalue weighted by molar-refractivity contribution is 6.31. The zero-order valence-electron chi connectivity index (χ0n) is 18.0. The molecule has 1 aliphatic carbocycles. The van der Waals surface area contributed by atoms with Crippen LogP contribution in [-0.4, -0.2) is 29.8 Å². The first-order chi connectivity index (χ1) is 14.6. The Labute approximate surface area is 186 Å². The molecule has 0 spiro atoms. The Bertz CT molecular complexity index is 969. The Morgan fingerprint density at radius 3 is 2.52 bits per heavy atom. The molecule has 1 aliphatic rings. The second-order valence-electron chi connectivity index (χ2n) is 8.64. The van der Waals surface area contributed by atoms with E-state index < -0.39 is 23.4 Å². The molecular weight excluding hydrogens is 423 g/mol. The number of benzene rings is 1. The molecule has 6 nitrogen and oxygen atoms in total. The van der Waals surface area contributed by atoms with Gasteiger partial charge in [0.1, 0.15) is 5.60 Å². The van der Waals surface area contributed by atoms with Gasteiger partial charge in [0.05, 0.1) is 29.4 Å². The van der Waals surface area contributed by atoms with Gasteiger partial charge in [-0.2, -0.15) is 0 Å². The number of nitrogens with one attached hydrogen (secondary N) is 1. The van der Waals surface area contributed by atoms with Gasteiger partial charge in [-0.15, -0.1) is 0 Å². The number of halogens is 2. The molecule has 1 amide bonds. The largest absolute Gasteiger partial charge is 0.469 e. The van der Waals surface area contributed by atoms with E-state index >= 15 is 0 Å². The van der Waals surface area contributed by atoms with E-state index in [9.17, 15) is 14.0 Å². The molecule has 1 fully saturated rings. The standard InChI is InChI=1S/C23H26ClFN2O4/c1-23(2,3)31-22(29)27-18-10-8-16(24)20(25)19(18)14-7-9-17(26-12-14)15(21(28)30-4)11-13-5-6-13/h7-10,12-13,15H,5-6,11H2,1-4H3,(H,27,29). The third-order valence-corrected chi connectivity index (χ3v) is 5.21. The van der Waals surface area contributed by atoms with Crippen molar-refractivity contribution in [3.05, 3.63) is 47.0 Å². The lowest BCUT2D eigenvalue weighted by Gasteiger charge is -2.21. The van der Waals surface area contributed by atoms with Crippen molar-refractivity contribution in [1.29, 1.82) is 0 Å². The molecule has 1 unspecified atom stereocenters. The van der Waals surface area contributed by atoms with Gasteiger partial charge in [-0.1, -0.05) is 30.5 Å². The van der Waals surface area contributed by atoms with Crippen LogP contribution in [-0.2, 0) is 14.3 Å². The van der Waals surface area contributed by atoms with Crippen molar-refractivity contribution in [2.75, 3.05) is 12.4 Å². The van der Waals surface area contributed by atoms with Crippen molar-refractivity contribution in [2.45, 2.75) is 51.6 Å². The fourth-order valence-electron chi connectivity index (χ4n) is 3.28. The van der Waals surface area contributed by atoms with Crippen LogP contribution in [0.1, 0.15) is 51.6 Å². The first kappa shape index (κ1) is 23.0. The summed E-state index contributed by atoms with van der Waals surface area (Å²) in [7, 11) is 1.35. The molecular formula is C23H26ClFN2O4. The Balaban J connectivity index is 1.91. The molecule has 0 aliphatic heterocycles. The first-order valence-electron chi connectivity index (χ1n) is 10.1. The minimum Gasteiger partial charge on any atom is -0.469 e. The van der Waals surface area contributed by atoms with Crippen LogP contribution in [0.4, 0.5) is 14.9 Å². The van der Waals surface area contributed by atoms with Gasteiger partial charge in [0.2, 0.25) is 0 Å². The zero-order chi connectivity index (χ0) is 22.8. The molecule has 0 radical (unpaired) electrons. The van der Waals surface area contributed by atoms with E-state index in [0.29, 0.717) is 23.6 Å². The van der Waals surface area contributed by atoms with Gasteiger partial charge >= 0.3 is 12.1 Å². The topological polar surface area (TPSA) is 77.5 Å². The summed E-state index contributed by atoms with van der Waals surface area (Å²) < 4.78 is 25.1. The molecule has 1 aromatic carbocycles. The highest BCUT2D eigenvalue weighted by Crippen LogP contribution is 2.39. The minimum atomic E-state index is -0.713. The molecule has 1 heterocycles. The number of hydrogen-bond acceptors (Lipinski definition) is 5. The average Bonchev–Trinajstić information content (AvgIpc) is 3.52. The Morgan fingerprint density at radius 1 is 1.26 bits per heavy atom. The van der Waals surface area contributed by atoms with Gasteiger partial charge in [-0.05, 0) is 51.3 Å². The van der Waals surface area contributed by atoms with Crippen LogP contribution in [0.15, 0.2) is 30.5 Å². The number of carbonyl (C=O) groups is 2. The van der Waals surface area contributed by atoms with Crippen LogP contribution in [0.25, 0.3) is 11.1 Å². The number of rotatable bonds is 6. The highest BCUT2D eigenvalue weighted by Gasteiger charge is 2.32. The Kier molecular flexibility index (Phi) is 6.84. The van der Waals surface area contributed by atoms with Crippen LogP contribution < -0.4 is 5.32 Å². The summed E-state index contributed by atoms with van der Waals surface area (Å²) in [5, 5.41) is 2.48. The monoisotopic (exact) mass is 448 g/mol. The number of methoxy groups -OCH3 is 1. The summed E-state index contributed by atoms with van der Waals surface area (Å²) in [5.41, 5.74) is 0.557. The lowest BCUT2D eigenvalue weighted by Crippen LogP contribution is -2.27. The van der Waals surface area contributed by atoms with E-state index in [-0.39, 0.29) is 22.2 Å². The molecule has 1 aromatic heterocycles. The van der Waals surface area contributed by atoms with Crippen LogP contribution in [0.2, 0.25) is 5.02 Å². The molecule has 0 bridgehead atoms. The molecule has 1 N–H and O–H groups in total. The fourth-order valence-corrected chi connectivity index (χ4v) is 3.43. The van der Waals surface area contributed by atoms with E-state index in [4.69, 9.17) is 21.1 Å². The molecule has 1 saturated carbocycles. The highest BCUT2D eigenvalue weighted by atomic mass is 35.5. The van der Waals surface area contributed by atoms with E-state index in [0.717, 1.165) is 12.8 Å². The fraction of sp³-hybridized carbons (Fsp3) is 0.435. The average molecular weight is 449 g/mol. The lowest BCUT2D eigenvalue weighted by atomic mass is 9.96. The Morgan fingerprint density at radius 2 is 1.97 bits per heavy atom. The predicted molar refractivity (Wildman–Crippen MR) is 117 cm³/mol. The molecule has 1 atom stereocenters. The quantitative estimate of drug-likeness (QED) is 0.553. The molecule has 0 saturated heterocycles.